The minimum atomic E-state index is 0.787. The van der Waals surface area contributed by atoms with Gasteiger partial charge < -0.3 is 5.32 Å². The highest BCUT2D eigenvalue weighted by Gasteiger charge is 2.24. The van der Waals surface area contributed by atoms with E-state index in [0.717, 1.165) is 19.1 Å². The number of rotatable bonds is 1. The lowest BCUT2D eigenvalue weighted by molar-refractivity contribution is 0.124. The normalized spacial score (nSPS) is 24.0. The van der Waals surface area contributed by atoms with Crippen molar-refractivity contribution in [1.29, 1.82) is 0 Å². The molecule has 1 N–H and O–H groups in total. The molecule has 1 fully saturated rings. The van der Waals surface area contributed by atoms with Crippen molar-refractivity contribution < 1.29 is 0 Å². The number of fused-ring (bicyclic) bond motifs is 1. The Morgan fingerprint density at radius 3 is 3.00 bits per heavy atom. The van der Waals surface area contributed by atoms with Crippen LogP contribution < -0.4 is 5.32 Å². The van der Waals surface area contributed by atoms with E-state index < -0.39 is 0 Å². The maximum absolute atomic E-state index is 4.31. The quantitative estimate of drug-likeness (QED) is 0.724. The van der Waals surface area contributed by atoms with Gasteiger partial charge in [0.25, 0.3) is 0 Å². The topological polar surface area (TPSA) is 33.1 Å². The number of hydrogen-bond acceptors (Lipinski definition) is 3. The number of piperidine rings is 1. The van der Waals surface area contributed by atoms with Gasteiger partial charge in [0.05, 0.1) is 12.2 Å². The molecule has 0 aromatic carbocycles. The Morgan fingerprint density at radius 2 is 2.13 bits per heavy atom. The van der Waals surface area contributed by atoms with Gasteiger partial charge in [0.15, 0.2) is 0 Å². The van der Waals surface area contributed by atoms with E-state index in [1.165, 1.54) is 38.2 Å². The van der Waals surface area contributed by atoms with Crippen LogP contribution in [0.25, 0.3) is 0 Å². The third-order valence-corrected chi connectivity index (χ3v) is 3.59. The standard InChI is InChI=1S/C11H18N4/c1-4-12-5-2-10(1)14-7-8-15-11(9-14)3-6-13-15/h3,6,10,12H,1-2,4-5,7-9H2. The molecular formula is C11H18N4. The van der Waals surface area contributed by atoms with Crippen LogP contribution in [-0.2, 0) is 13.1 Å². The molecule has 0 amide bonds. The van der Waals surface area contributed by atoms with Gasteiger partial charge >= 0.3 is 0 Å². The second-order valence-electron chi connectivity index (χ2n) is 4.50. The molecule has 0 aliphatic carbocycles. The summed E-state index contributed by atoms with van der Waals surface area (Å²) >= 11 is 0. The molecule has 3 heterocycles. The number of nitrogens with zero attached hydrogens (tertiary/aromatic N) is 3. The zero-order chi connectivity index (χ0) is 10.1. The molecule has 1 saturated heterocycles. The van der Waals surface area contributed by atoms with Crippen LogP contribution in [0.3, 0.4) is 0 Å². The summed E-state index contributed by atoms with van der Waals surface area (Å²) in [5.74, 6) is 0. The molecule has 82 valence electrons. The fraction of sp³-hybridized carbons (Fsp3) is 0.727. The van der Waals surface area contributed by atoms with Gasteiger partial charge in [0.2, 0.25) is 0 Å². The summed E-state index contributed by atoms with van der Waals surface area (Å²) in [6.07, 6.45) is 4.52. The maximum atomic E-state index is 4.31. The van der Waals surface area contributed by atoms with Crippen LogP contribution in [0.5, 0.6) is 0 Å². The fourth-order valence-corrected chi connectivity index (χ4v) is 2.69. The highest BCUT2D eigenvalue weighted by Crippen LogP contribution is 2.18. The third-order valence-electron chi connectivity index (χ3n) is 3.59. The molecule has 0 atom stereocenters. The molecule has 2 aliphatic heterocycles. The fourth-order valence-electron chi connectivity index (χ4n) is 2.69. The average Bonchev–Trinajstić information content (AvgIpc) is 2.77. The SMILES string of the molecule is c1cc2n(n1)CCN(C1CCNCC1)C2. The summed E-state index contributed by atoms with van der Waals surface area (Å²) in [4.78, 5) is 2.62. The molecule has 2 aliphatic rings. The summed E-state index contributed by atoms with van der Waals surface area (Å²) < 4.78 is 2.14. The smallest absolute Gasteiger partial charge is 0.0540 e. The van der Waals surface area contributed by atoms with Crippen LogP contribution in [-0.4, -0.2) is 40.4 Å². The van der Waals surface area contributed by atoms with Crippen molar-refractivity contribution in [2.45, 2.75) is 32.0 Å². The van der Waals surface area contributed by atoms with E-state index in [4.69, 9.17) is 0 Å². The average molecular weight is 206 g/mol. The Morgan fingerprint density at radius 1 is 1.27 bits per heavy atom. The largest absolute Gasteiger partial charge is 0.317 e. The van der Waals surface area contributed by atoms with Gasteiger partial charge in [-0.25, -0.2) is 0 Å². The van der Waals surface area contributed by atoms with E-state index in [-0.39, 0.29) is 0 Å². The van der Waals surface area contributed by atoms with E-state index in [0.29, 0.717) is 0 Å². The second-order valence-corrected chi connectivity index (χ2v) is 4.50. The monoisotopic (exact) mass is 206 g/mol. The van der Waals surface area contributed by atoms with Crippen LogP contribution in [0.1, 0.15) is 18.5 Å². The molecule has 0 spiro atoms. The van der Waals surface area contributed by atoms with E-state index in [2.05, 4.69) is 26.1 Å². The zero-order valence-corrected chi connectivity index (χ0v) is 9.02. The lowest BCUT2D eigenvalue weighted by atomic mass is 10.0. The molecule has 15 heavy (non-hydrogen) atoms. The van der Waals surface area contributed by atoms with E-state index in [1.807, 2.05) is 6.20 Å². The molecule has 3 rings (SSSR count). The van der Waals surface area contributed by atoms with Crippen molar-refractivity contribution in [3.8, 4) is 0 Å². The van der Waals surface area contributed by atoms with Gasteiger partial charge in [0, 0.05) is 25.3 Å². The van der Waals surface area contributed by atoms with Crippen molar-refractivity contribution in [1.82, 2.24) is 20.0 Å². The highest BCUT2D eigenvalue weighted by atomic mass is 15.3. The van der Waals surface area contributed by atoms with Gasteiger partial charge in [-0.15, -0.1) is 0 Å². The van der Waals surface area contributed by atoms with Crippen molar-refractivity contribution in [2.24, 2.45) is 0 Å². The van der Waals surface area contributed by atoms with Crippen LogP contribution in [0, 0.1) is 0 Å². The first kappa shape index (κ1) is 9.36. The Kier molecular flexibility index (Phi) is 2.46. The van der Waals surface area contributed by atoms with Crippen molar-refractivity contribution in [2.75, 3.05) is 19.6 Å². The summed E-state index contributed by atoms with van der Waals surface area (Å²) in [6.45, 7) is 5.68. The minimum Gasteiger partial charge on any atom is -0.317 e. The molecule has 0 saturated carbocycles. The predicted octanol–water partition coefficient (Wildman–Crippen LogP) is 0.451. The molecule has 4 heteroatoms. The first-order chi connectivity index (χ1) is 7.43. The van der Waals surface area contributed by atoms with E-state index in [1.54, 1.807) is 0 Å². The maximum Gasteiger partial charge on any atom is 0.0540 e. The van der Waals surface area contributed by atoms with Crippen LogP contribution in [0.15, 0.2) is 12.3 Å². The van der Waals surface area contributed by atoms with Gasteiger partial charge in [-0.3, -0.25) is 9.58 Å². The Bertz CT molecular complexity index is 327. The summed E-state index contributed by atoms with van der Waals surface area (Å²) in [5, 5.41) is 7.74. The van der Waals surface area contributed by atoms with Gasteiger partial charge in [0.1, 0.15) is 0 Å². The van der Waals surface area contributed by atoms with E-state index >= 15 is 0 Å². The number of nitrogens with one attached hydrogen (secondary N) is 1. The highest BCUT2D eigenvalue weighted by molar-refractivity contribution is 5.03. The van der Waals surface area contributed by atoms with Crippen molar-refractivity contribution >= 4 is 0 Å². The Labute approximate surface area is 90.3 Å². The number of aromatic nitrogens is 2. The molecule has 0 bridgehead atoms. The Balaban J connectivity index is 1.69. The lowest BCUT2D eigenvalue weighted by Gasteiger charge is -2.37. The molecule has 0 radical (unpaired) electrons. The van der Waals surface area contributed by atoms with Crippen LogP contribution >= 0.6 is 0 Å². The van der Waals surface area contributed by atoms with E-state index in [9.17, 15) is 0 Å². The van der Waals surface area contributed by atoms with Crippen molar-refractivity contribution in [3.63, 3.8) is 0 Å². The molecule has 1 aromatic heterocycles. The van der Waals surface area contributed by atoms with Crippen molar-refractivity contribution in [3.05, 3.63) is 18.0 Å². The molecule has 0 unspecified atom stereocenters. The van der Waals surface area contributed by atoms with Crippen LogP contribution in [0.4, 0.5) is 0 Å². The first-order valence-electron chi connectivity index (χ1n) is 5.89. The van der Waals surface area contributed by atoms with Gasteiger partial charge in [-0.2, -0.15) is 5.10 Å². The number of hydrogen-bond donors (Lipinski definition) is 1. The zero-order valence-electron chi connectivity index (χ0n) is 9.02. The third kappa shape index (κ3) is 1.79. The minimum absolute atomic E-state index is 0.787. The predicted molar refractivity (Wildman–Crippen MR) is 58.5 cm³/mol. The summed E-state index contributed by atoms with van der Waals surface area (Å²) in [6, 6.07) is 2.93. The molecular weight excluding hydrogens is 188 g/mol. The first-order valence-corrected chi connectivity index (χ1v) is 5.89. The molecule has 1 aromatic rings. The lowest BCUT2D eigenvalue weighted by Crippen LogP contribution is -2.46. The van der Waals surface area contributed by atoms with Crippen LogP contribution in [0.2, 0.25) is 0 Å². The second kappa shape index (κ2) is 3.94. The van der Waals surface area contributed by atoms with Gasteiger partial charge in [-0.05, 0) is 32.0 Å². The Hall–Kier alpha value is -0.870. The summed E-state index contributed by atoms with van der Waals surface area (Å²) in [7, 11) is 0. The van der Waals surface area contributed by atoms with Gasteiger partial charge in [-0.1, -0.05) is 0 Å². The summed E-state index contributed by atoms with van der Waals surface area (Å²) in [5.41, 5.74) is 1.37. The molecule has 4 nitrogen and oxygen atoms in total.